The lowest BCUT2D eigenvalue weighted by Crippen LogP contribution is -2.14. The molecule has 16 heavy (non-hydrogen) atoms. The van der Waals surface area contributed by atoms with Crippen molar-refractivity contribution in [2.45, 2.75) is 13.3 Å². The van der Waals surface area contributed by atoms with Crippen molar-refractivity contribution in [1.82, 2.24) is 10.2 Å². The summed E-state index contributed by atoms with van der Waals surface area (Å²) in [5, 5.41) is 10.8. The smallest absolute Gasteiger partial charge is 0.227 e. The van der Waals surface area contributed by atoms with Crippen LogP contribution in [0.15, 0.2) is 24.4 Å². The SMILES string of the molecule is C[C@H]1C[C@H]1C(=O)Nc1ccc2[nH]ncc2c1. The van der Waals surface area contributed by atoms with Gasteiger partial charge in [0.05, 0.1) is 11.7 Å². The van der Waals surface area contributed by atoms with Gasteiger partial charge >= 0.3 is 0 Å². The summed E-state index contributed by atoms with van der Waals surface area (Å²) in [5.74, 6) is 0.882. The molecule has 0 aliphatic heterocycles. The van der Waals surface area contributed by atoms with E-state index < -0.39 is 0 Å². The summed E-state index contributed by atoms with van der Waals surface area (Å²) in [5.41, 5.74) is 1.83. The minimum absolute atomic E-state index is 0.135. The molecule has 0 spiro atoms. The van der Waals surface area contributed by atoms with Gasteiger partial charge in [-0.25, -0.2) is 0 Å². The van der Waals surface area contributed by atoms with Gasteiger partial charge in [0.2, 0.25) is 5.91 Å². The molecule has 1 saturated carbocycles. The second kappa shape index (κ2) is 3.33. The number of hydrogen-bond donors (Lipinski definition) is 2. The first kappa shape index (κ1) is 9.39. The van der Waals surface area contributed by atoms with Crippen molar-refractivity contribution in [3.8, 4) is 0 Å². The van der Waals surface area contributed by atoms with E-state index in [2.05, 4.69) is 22.4 Å². The molecule has 0 radical (unpaired) electrons. The number of hydrogen-bond acceptors (Lipinski definition) is 2. The lowest BCUT2D eigenvalue weighted by molar-refractivity contribution is -0.117. The van der Waals surface area contributed by atoms with Gasteiger partial charge < -0.3 is 5.32 Å². The van der Waals surface area contributed by atoms with Crippen molar-refractivity contribution in [1.29, 1.82) is 0 Å². The maximum absolute atomic E-state index is 11.7. The normalized spacial score (nSPS) is 23.3. The Bertz CT molecular complexity index is 546. The second-order valence-electron chi connectivity index (χ2n) is 4.48. The van der Waals surface area contributed by atoms with E-state index in [9.17, 15) is 4.79 Å². The molecule has 0 bridgehead atoms. The van der Waals surface area contributed by atoms with Crippen LogP contribution in [-0.4, -0.2) is 16.1 Å². The Labute approximate surface area is 93.0 Å². The van der Waals surface area contributed by atoms with Crippen molar-refractivity contribution in [3.05, 3.63) is 24.4 Å². The number of rotatable bonds is 2. The number of carbonyl (C=O) groups excluding carboxylic acids is 1. The molecule has 2 atom stereocenters. The molecule has 2 aromatic rings. The Morgan fingerprint density at radius 3 is 3.12 bits per heavy atom. The zero-order valence-corrected chi connectivity index (χ0v) is 9.03. The van der Waals surface area contributed by atoms with Crippen LogP contribution in [0.3, 0.4) is 0 Å². The van der Waals surface area contributed by atoms with Gasteiger partial charge in [-0.3, -0.25) is 9.89 Å². The summed E-state index contributed by atoms with van der Waals surface area (Å²) in [7, 11) is 0. The van der Waals surface area contributed by atoms with Crippen LogP contribution in [0, 0.1) is 11.8 Å². The number of benzene rings is 1. The van der Waals surface area contributed by atoms with Crippen molar-refractivity contribution < 1.29 is 4.79 Å². The second-order valence-corrected chi connectivity index (χ2v) is 4.48. The van der Waals surface area contributed by atoms with Crippen LogP contribution in [0.1, 0.15) is 13.3 Å². The molecule has 1 aliphatic carbocycles. The highest BCUT2D eigenvalue weighted by Crippen LogP contribution is 2.38. The summed E-state index contributed by atoms with van der Waals surface area (Å²) < 4.78 is 0. The van der Waals surface area contributed by atoms with E-state index in [4.69, 9.17) is 0 Å². The predicted octanol–water partition coefficient (Wildman–Crippen LogP) is 2.16. The van der Waals surface area contributed by atoms with Crippen LogP contribution < -0.4 is 5.32 Å². The minimum Gasteiger partial charge on any atom is -0.326 e. The third-order valence-corrected chi connectivity index (χ3v) is 3.15. The summed E-state index contributed by atoms with van der Waals surface area (Å²) in [6, 6.07) is 5.75. The van der Waals surface area contributed by atoms with Crippen molar-refractivity contribution in [2.24, 2.45) is 11.8 Å². The van der Waals surface area contributed by atoms with E-state index in [0.717, 1.165) is 23.0 Å². The molecule has 4 nitrogen and oxygen atoms in total. The molecule has 1 heterocycles. The number of amides is 1. The van der Waals surface area contributed by atoms with Crippen molar-refractivity contribution >= 4 is 22.5 Å². The van der Waals surface area contributed by atoms with Crippen LogP contribution in [0.5, 0.6) is 0 Å². The van der Waals surface area contributed by atoms with Gasteiger partial charge in [0, 0.05) is 17.0 Å². The van der Waals surface area contributed by atoms with E-state index in [0.29, 0.717) is 5.92 Å². The standard InChI is InChI=1S/C12H13N3O/c1-7-4-10(7)12(16)14-9-2-3-11-8(5-9)6-13-15-11/h2-3,5-7,10H,4H2,1H3,(H,13,15)(H,14,16)/t7-,10+/m0/s1. The van der Waals surface area contributed by atoms with Crippen LogP contribution in [0.2, 0.25) is 0 Å². The zero-order valence-electron chi connectivity index (χ0n) is 9.03. The quantitative estimate of drug-likeness (QED) is 0.806. The molecule has 3 rings (SSSR count). The van der Waals surface area contributed by atoms with Gasteiger partial charge in [0.25, 0.3) is 0 Å². The average Bonchev–Trinajstić information content (AvgIpc) is 2.83. The lowest BCUT2D eigenvalue weighted by Gasteiger charge is -2.03. The molecule has 4 heteroatoms. The molecule has 1 aromatic heterocycles. The fraction of sp³-hybridized carbons (Fsp3) is 0.333. The molecule has 0 unspecified atom stereocenters. The first-order valence-electron chi connectivity index (χ1n) is 5.48. The molecule has 0 saturated heterocycles. The van der Waals surface area contributed by atoms with Crippen LogP contribution in [-0.2, 0) is 4.79 Å². The summed E-state index contributed by atoms with van der Waals surface area (Å²) >= 11 is 0. The summed E-state index contributed by atoms with van der Waals surface area (Å²) in [4.78, 5) is 11.7. The molecule has 82 valence electrons. The number of aromatic amines is 1. The predicted molar refractivity (Wildman–Crippen MR) is 62.0 cm³/mol. The number of H-pyrrole nitrogens is 1. The molecule has 1 amide bonds. The van der Waals surface area contributed by atoms with E-state index in [-0.39, 0.29) is 11.8 Å². The fourth-order valence-electron chi connectivity index (χ4n) is 1.94. The monoisotopic (exact) mass is 215 g/mol. The number of nitrogens with zero attached hydrogens (tertiary/aromatic N) is 1. The Kier molecular flexibility index (Phi) is 1.96. The number of fused-ring (bicyclic) bond motifs is 1. The average molecular weight is 215 g/mol. The molecule has 2 N–H and O–H groups in total. The first-order chi connectivity index (χ1) is 7.74. The maximum atomic E-state index is 11.7. The number of carbonyl (C=O) groups is 1. The summed E-state index contributed by atoms with van der Waals surface area (Å²) in [6.07, 6.45) is 2.77. The number of aromatic nitrogens is 2. The lowest BCUT2D eigenvalue weighted by atomic mass is 10.2. The molecular formula is C12H13N3O. The third-order valence-electron chi connectivity index (χ3n) is 3.15. The number of nitrogens with one attached hydrogen (secondary N) is 2. The molecule has 1 aliphatic rings. The van der Waals surface area contributed by atoms with E-state index in [1.165, 1.54) is 0 Å². The Morgan fingerprint density at radius 2 is 2.38 bits per heavy atom. The Balaban J connectivity index is 1.80. The van der Waals surface area contributed by atoms with Crippen LogP contribution >= 0.6 is 0 Å². The Morgan fingerprint density at radius 1 is 1.56 bits per heavy atom. The van der Waals surface area contributed by atoms with E-state index in [1.54, 1.807) is 6.20 Å². The minimum atomic E-state index is 0.135. The molecular weight excluding hydrogens is 202 g/mol. The molecule has 1 fully saturated rings. The van der Waals surface area contributed by atoms with E-state index >= 15 is 0 Å². The van der Waals surface area contributed by atoms with Gasteiger partial charge in [0.15, 0.2) is 0 Å². The summed E-state index contributed by atoms with van der Waals surface area (Å²) in [6.45, 7) is 2.10. The molecule has 1 aromatic carbocycles. The van der Waals surface area contributed by atoms with E-state index in [1.807, 2.05) is 18.2 Å². The third kappa shape index (κ3) is 1.56. The van der Waals surface area contributed by atoms with Gasteiger partial charge in [-0.15, -0.1) is 0 Å². The highest BCUT2D eigenvalue weighted by Gasteiger charge is 2.38. The number of anilines is 1. The van der Waals surface area contributed by atoms with Crippen LogP contribution in [0.25, 0.3) is 10.9 Å². The van der Waals surface area contributed by atoms with Gasteiger partial charge in [0.1, 0.15) is 0 Å². The van der Waals surface area contributed by atoms with Gasteiger partial charge in [-0.1, -0.05) is 6.92 Å². The first-order valence-corrected chi connectivity index (χ1v) is 5.48. The van der Waals surface area contributed by atoms with Crippen molar-refractivity contribution in [3.63, 3.8) is 0 Å². The highest BCUT2D eigenvalue weighted by molar-refractivity contribution is 5.96. The maximum Gasteiger partial charge on any atom is 0.227 e. The zero-order chi connectivity index (χ0) is 11.1. The van der Waals surface area contributed by atoms with Gasteiger partial charge in [-0.2, -0.15) is 5.10 Å². The fourth-order valence-corrected chi connectivity index (χ4v) is 1.94. The highest BCUT2D eigenvalue weighted by atomic mass is 16.2. The van der Waals surface area contributed by atoms with Crippen LogP contribution in [0.4, 0.5) is 5.69 Å². The Hall–Kier alpha value is -1.84. The van der Waals surface area contributed by atoms with Crippen molar-refractivity contribution in [2.75, 3.05) is 5.32 Å². The van der Waals surface area contributed by atoms with Gasteiger partial charge in [-0.05, 0) is 30.5 Å². The topological polar surface area (TPSA) is 57.8 Å². The largest absolute Gasteiger partial charge is 0.326 e.